The maximum atomic E-state index is 13.1. The Bertz CT molecular complexity index is 1090. The summed E-state index contributed by atoms with van der Waals surface area (Å²) in [4.78, 5) is 26.2. The number of benzene rings is 3. The number of para-hydroxylation sites is 2. The van der Waals surface area contributed by atoms with Gasteiger partial charge in [-0.2, -0.15) is 0 Å². The van der Waals surface area contributed by atoms with Crippen LogP contribution in [0.2, 0.25) is 0 Å². The largest absolute Gasteiger partial charge is 0.490 e. The van der Waals surface area contributed by atoms with Gasteiger partial charge in [0.15, 0.2) is 0 Å². The van der Waals surface area contributed by atoms with Crippen LogP contribution in [0.1, 0.15) is 16.7 Å². The molecule has 32 heavy (non-hydrogen) atoms. The van der Waals surface area contributed by atoms with Crippen molar-refractivity contribution in [1.29, 1.82) is 0 Å². The number of carbonyl (C=O) groups excluding carboxylic acids is 2. The molecular formula is C27H26N2O3. The molecule has 2 amide bonds. The van der Waals surface area contributed by atoms with E-state index in [1.165, 1.54) is 0 Å². The van der Waals surface area contributed by atoms with Crippen LogP contribution >= 0.6 is 0 Å². The van der Waals surface area contributed by atoms with E-state index in [4.69, 9.17) is 4.74 Å². The Hall–Kier alpha value is -4.12. The van der Waals surface area contributed by atoms with Gasteiger partial charge in [-0.05, 0) is 60.9 Å². The van der Waals surface area contributed by atoms with Crippen LogP contribution in [0.15, 0.2) is 91.0 Å². The molecule has 0 fully saturated rings. The lowest BCUT2D eigenvalue weighted by atomic mass is 10.1. The summed E-state index contributed by atoms with van der Waals surface area (Å²) in [6, 6.07) is 22.0. The van der Waals surface area contributed by atoms with E-state index >= 15 is 0 Å². The predicted octanol–water partition coefficient (Wildman–Crippen LogP) is 5.53. The number of amides is 2. The molecule has 162 valence electrons. The van der Waals surface area contributed by atoms with E-state index in [1.807, 2.05) is 50.2 Å². The Kier molecular flexibility index (Phi) is 7.60. The number of nitrogens with one attached hydrogen (secondary N) is 2. The number of hydrogen-bond donors (Lipinski definition) is 2. The van der Waals surface area contributed by atoms with Gasteiger partial charge in [0.25, 0.3) is 11.8 Å². The van der Waals surface area contributed by atoms with Gasteiger partial charge >= 0.3 is 0 Å². The molecule has 0 radical (unpaired) electrons. The topological polar surface area (TPSA) is 67.4 Å². The minimum atomic E-state index is -0.489. The summed E-state index contributed by atoms with van der Waals surface area (Å²) in [6.07, 6.45) is 3.23. The average Bonchev–Trinajstić information content (AvgIpc) is 2.79. The van der Waals surface area contributed by atoms with Crippen LogP contribution in [0.3, 0.4) is 0 Å². The standard InChI is InChI=1S/C27H26N2O3/c1-4-17-32-22-15-13-21(14-16-22)18-23(26(30)28-24-11-7-5-9-19(24)2)27(31)29-25-12-8-6-10-20(25)3/h4-16,18H,1,17H2,2-3H3,(H,28,30)(H,29,31). The lowest BCUT2D eigenvalue weighted by Crippen LogP contribution is -2.25. The van der Waals surface area contributed by atoms with Crippen molar-refractivity contribution >= 4 is 29.3 Å². The highest BCUT2D eigenvalue weighted by molar-refractivity contribution is 6.29. The molecule has 3 aromatic carbocycles. The van der Waals surface area contributed by atoms with Crippen molar-refractivity contribution in [3.63, 3.8) is 0 Å². The first-order valence-corrected chi connectivity index (χ1v) is 10.3. The van der Waals surface area contributed by atoms with Gasteiger partial charge in [-0.15, -0.1) is 0 Å². The van der Waals surface area contributed by atoms with Crippen LogP contribution in [-0.4, -0.2) is 18.4 Å². The quantitative estimate of drug-likeness (QED) is 0.215. The summed E-state index contributed by atoms with van der Waals surface area (Å²) < 4.78 is 5.50. The van der Waals surface area contributed by atoms with Gasteiger partial charge < -0.3 is 15.4 Å². The van der Waals surface area contributed by atoms with Crippen LogP contribution < -0.4 is 15.4 Å². The number of carbonyl (C=O) groups is 2. The summed E-state index contributed by atoms with van der Waals surface area (Å²) in [5.41, 5.74) is 3.81. The molecular weight excluding hydrogens is 400 g/mol. The Labute approximate surface area is 188 Å². The first-order chi connectivity index (χ1) is 15.5. The molecule has 5 nitrogen and oxygen atoms in total. The second-order valence-corrected chi connectivity index (χ2v) is 7.26. The van der Waals surface area contributed by atoms with Crippen LogP contribution in [-0.2, 0) is 9.59 Å². The minimum Gasteiger partial charge on any atom is -0.490 e. The molecule has 0 bridgehead atoms. The molecule has 0 unspecified atom stereocenters. The second kappa shape index (κ2) is 10.8. The molecule has 0 atom stereocenters. The minimum absolute atomic E-state index is 0.00346. The molecule has 5 heteroatoms. The normalized spacial score (nSPS) is 10.1. The fourth-order valence-electron chi connectivity index (χ4n) is 3.02. The molecule has 3 rings (SSSR count). The van der Waals surface area contributed by atoms with Crippen molar-refractivity contribution in [3.8, 4) is 5.75 Å². The van der Waals surface area contributed by atoms with Gasteiger partial charge in [0.05, 0.1) is 0 Å². The maximum absolute atomic E-state index is 13.1. The number of ether oxygens (including phenoxy) is 1. The molecule has 0 saturated carbocycles. The van der Waals surface area contributed by atoms with E-state index in [0.29, 0.717) is 29.3 Å². The Morgan fingerprint density at radius 1 is 0.812 bits per heavy atom. The first kappa shape index (κ1) is 22.6. The lowest BCUT2D eigenvalue weighted by Gasteiger charge is -2.13. The van der Waals surface area contributed by atoms with E-state index in [0.717, 1.165) is 11.1 Å². The Morgan fingerprint density at radius 3 is 1.78 bits per heavy atom. The molecule has 0 spiro atoms. The van der Waals surface area contributed by atoms with Crippen molar-refractivity contribution in [3.05, 3.63) is 108 Å². The molecule has 0 aliphatic carbocycles. The SMILES string of the molecule is C=CCOc1ccc(C=C(C(=O)Nc2ccccc2C)C(=O)Nc2ccccc2C)cc1. The number of anilines is 2. The third-order valence-electron chi connectivity index (χ3n) is 4.83. The number of hydrogen-bond acceptors (Lipinski definition) is 3. The smallest absolute Gasteiger partial charge is 0.261 e. The van der Waals surface area contributed by atoms with Crippen molar-refractivity contribution < 1.29 is 14.3 Å². The third kappa shape index (κ3) is 5.95. The van der Waals surface area contributed by atoms with Gasteiger partial charge in [-0.25, -0.2) is 0 Å². The van der Waals surface area contributed by atoms with Crippen LogP contribution in [0, 0.1) is 13.8 Å². The van der Waals surface area contributed by atoms with Crippen molar-refractivity contribution in [2.45, 2.75) is 13.8 Å². The fourth-order valence-corrected chi connectivity index (χ4v) is 3.02. The molecule has 0 aliphatic heterocycles. The van der Waals surface area contributed by atoms with Crippen LogP contribution in [0.5, 0.6) is 5.75 Å². The predicted molar refractivity (Wildman–Crippen MR) is 130 cm³/mol. The molecule has 0 heterocycles. The van der Waals surface area contributed by atoms with Gasteiger partial charge in [0, 0.05) is 11.4 Å². The highest BCUT2D eigenvalue weighted by Crippen LogP contribution is 2.20. The summed E-state index contributed by atoms with van der Waals surface area (Å²) in [6.45, 7) is 7.82. The Balaban J connectivity index is 1.90. The zero-order valence-corrected chi connectivity index (χ0v) is 18.2. The second-order valence-electron chi connectivity index (χ2n) is 7.26. The number of aryl methyl sites for hydroxylation is 2. The van der Waals surface area contributed by atoms with Gasteiger partial charge in [0.2, 0.25) is 0 Å². The van der Waals surface area contributed by atoms with E-state index < -0.39 is 11.8 Å². The van der Waals surface area contributed by atoms with E-state index in [-0.39, 0.29) is 5.57 Å². The van der Waals surface area contributed by atoms with Crippen LogP contribution in [0.25, 0.3) is 6.08 Å². The molecule has 3 aromatic rings. The van der Waals surface area contributed by atoms with E-state index in [2.05, 4.69) is 17.2 Å². The molecule has 0 aromatic heterocycles. The summed E-state index contributed by atoms with van der Waals surface area (Å²) in [5.74, 6) is -0.299. The third-order valence-corrected chi connectivity index (χ3v) is 4.83. The highest BCUT2D eigenvalue weighted by Gasteiger charge is 2.20. The zero-order chi connectivity index (χ0) is 22.9. The number of rotatable bonds is 8. The van der Waals surface area contributed by atoms with E-state index in [9.17, 15) is 9.59 Å². The van der Waals surface area contributed by atoms with Crippen molar-refractivity contribution in [2.24, 2.45) is 0 Å². The maximum Gasteiger partial charge on any atom is 0.261 e. The van der Waals surface area contributed by atoms with Gasteiger partial charge in [-0.3, -0.25) is 9.59 Å². The Morgan fingerprint density at radius 2 is 1.31 bits per heavy atom. The fraction of sp³-hybridized carbons (Fsp3) is 0.111. The first-order valence-electron chi connectivity index (χ1n) is 10.3. The van der Waals surface area contributed by atoms with Gasteiger partial charge in [-0.1, -0.05) is 61.2 Å². The molecule has 0 saturated heterocycles. The van der Waals surface area contributed by atoms with Crippen molar-refractivity contribution in [2.75, 3.05) is 17.2 Å². The van der Waals surface area contributed by atoms with Crippen LogP contribution in [0.4, 0.5) is 11.4 Å². The lowest BCUT2D eigenvalue weighted by molar-refractivity contribution is -0.118. The summed E-state index contributed by atoms with van der Waals surface area (Å²) >= 11 is 0. The van der Waals surface area contributed by atoms with E-state index in [1.54, 1.807) is 48.6 Å². The van der Waals surface area contributed by atoms with Gasteiger partial charge in [0.1, 0.15) is 17.9 Å². The highest BCUT2D eigenvalue weighted by atomic mass is 16.5. The zero-order valence-electron chi connectivity index (χ0n) is 18.2. The molecule has 0 aliphatic rings. The monoisotopic (exact) mass is 426 g/mol. The summed E-state index contributed by atoms with van der Waals surface area (Å²) in [5, 5.41) is 5.69. The summed E-state index contributed by atoms with van der Waals surface area (Å²) in [7, 11) is 0. The average molecular weight is 427 g/mol. The molecule has 2 N–H and O–H groups in total. The van der Waals surface area contributed by atoms with Crippen molar-refractivity contribution in [1.82, 2.24) is 0 Å².